The molecule has 0 spiro atoms. The van der Waals surface area contributed by atoms with Gasteiger partial charge in [0.05, 0.1) is 0 Å². The second-order valence-electron chi connectivity index (χ2n) is 8.95. The van der Waals surface area contributed by atoms with Gasteiger partial charge in [0.15, 0.2) is 11.8 Å². The van der Waals surface area contributed by atoms with Gasteiger partial charge in [0, 0.05) is 32.7 Å². The second kappa shape index (κ2) is 9.25. The van der Waals surface area contributed by atoms with Crippen LogP contribution in [0, 0.1) is 12.8 Å². The average molecular weight is 388 g/mol. The summed E-state index contributed by atoms with van der Waals surface area (Å²) in [6, 6.07) is 0.575. The molecular formula is C21H37N7. The molecule has 156 valence electrons. The van der Waals surface area contributed by atoms with Gasteiger partial charge in [-0.3, -0.25) is 0 Å². The molecule has 1 N–H and O–H groups in total. The Bertz CT molecular complexity index is 656. The van der Waals surface area contributed by atoms with Crippen LogP contribution < -0.4 is 5.32 Å². The molecule has 28 heavy (non-hydrogen) atoms. The van der Waals surface area contributed by atoms with E-state index in [1.807, 2.05) is 18.5 Å². The highest BCUT2D eigenvalue weighted by Gasteiger charge is 2.28. The number of hydrogen-bond donors (Lipinski definition) is 1. The normalized spacial score (nSPS) is 25.0. The van der Waals surface area contributed by atoms with Crippen LogP contribution in [-0.2, 0) is 13.6 Å². The second-order valence-corrected chi connectivity index (χ2v) is 8.95. The van der Waals surface area contributed by atoms with Crippen LogP contribution in [-0.4, -0.2) is 69.3 Å². The summed E-state index contributed by atoms with van der Waals surface area (Å²) in [6.07, 6.45) is 10.6. The van der Waals surface area contributed by atoms with Gasteiger partial charge in [0.25, 0.3) is 0 Å². The highest BCUT2D eigenvalue weighted by Crippen LogP contribution is 2.22. The lowest BCUT2D eigenvalue weighted by atomic mass is 9.96. The molecule has 0 bridgehead atoms. The van der Waals surface area contributed by atoms with Crippen molar-refractivity contribution in [2.75, 3.05) is 32.7 Å². The fourth-order valence-corrected chi connectivity index (χ4v) is 4.91. The Morgan fingerprint density at radius 3 is 2.54 bits per heavy atom. The Morgan fingerprint density at radius 2 is 1.82 bits per heavy atom. The summed E-state index contributed by atoms with van der Waals surface area (Å²) in [7, 11) is 2.02. The van der Waals surface area contributed by atoms with Gasteiger partial charge < -0.3 is 19.7 Å². The van der Waals surface area contributed by atoms with E-state index in [1.165, 1.54) is 71.0 Å². The van der Waals surface area contributed by atoms with Crippen molar-refractivity contribution in [3.63, 3.8) is 0 Å². The van der Waals surface area contributed by atoms with Gasteiger partial charge in [-0.2, -0.15) is 0 Å². The Labute approximate surface area is 169 Å². The van der Waals surface area contributed by atoms with Gasteiger partial charge in [-0.15, -0.1) is 10.2 Å². The summed E-state index contributed by atoms with van der Waals surface area (Å²) in [5.41, 5.74) is 0. The molecular weight excluding hydrogens is 350 g/mol. The summed E-state index contributed by atoms with van der Waals surface area (Å²) in [5, 5.41) is 12.3. The minimum Gasteiger partial charge on any atom is -0.353 e. The molecule has 4 rings (SSSR count). The first kappa shape index (κ1) is 19.7. The number of likely N-dealkylation sites (tertiary alicyclic amines) is 2. The van der Waals surface area contributed by atoms with E-state index in [9.17, 15) is 0 Å². The smallest absolute Gasteiger partial charge is 0.194 e. The van der Waals surface area contributed by atoms with Crippen molar-refractivity contribution in [1.82, 2.24) is 29.9 Å². The van der Waals surface area contributed by atoms with Crippen molar-refractivity contribution in [2.45, 2.75) is 70.9 Å². The maximum atomic E-state index is 5.01. The van der Waals surface area contributed by atoms with Crippen molar-refractivity contribution in [2.24, 2.45) is 18.0 Å². The van der Waals surface area contributed by atoms with Crippen LogP contribution in [0.25, 0.3) is 0 Å². The molecule has 1 aliphatic carbocycles. The summed E-state index contributed by atoms with van der Waals surface area (Å²) in [6.45, 7) is 8.69. The Hall–Kier alpha value is -1.63. The number of hydrogen-bond acceptors (Lipinski definition) is 4. The SMILES string of the molecule is Cc1nnc(CN=C(NC2CCCCC2)N2CCC(CN3CCCC3)C2)n1C. The molecule has 0 aromatic carbocycles. The van der Waals surface area contributed by atoms with E-state index in [4.69, 9.17) is 4.99 Å². The average Bonchev–Trinajstić information content (AvgIpc) is 3.45. The molecule has 1 atom stereocenters. The van der Waals surface area contributed by atoms with Gasteiger partial charge in [0.1, 0.15) is 12.4 Å². The van der Waals surface area contributed by atoms with Crippen LogP contribution in [0.5, 0.6) is 0 Å². The number of nitrogens with zero attached hydrogens (tertiary/aromatic N) is 6. The summed E-state index contributed by atoms with van der Waals surface area (Å²) in [5.74, 6) is 3.75. The zero-order chi connectivity index (χ0) is 19.3. The van der Waals surface area contributed by atoms with Crippen molar-refractivity contribution in [3.05, 3.63) is 11.6 Å². The zero-order valence-electron chi connectivity index (χ0n) is 17.7. The number of aliphatic imine (C=N–C) groups is 1. The third-order valence-corrected chi connectivity index (χ3v) is 6.79. The predicted molar refractivity (Wildman–Crippen MR) is 112 cm³/mol. The summed E-state index contributed by atoms with van der Waals surface area (Å²) in [4.78, 5) is 10.2. The molecule has 7 nitrogen and oxygen atoms in total. The molecule has 7 heteroatoms. The third kappa shape index (κ3) is 4.85. The van der Waals surface area contributed by atoms with Crippen LogP contribution in [0.4, 0.5) is 0 Å². The molecule has 1 saturated carbocycles. The zero-order valence-corrected chi connectivity index (χ0v) is 17.7. The molecule has 0 radical (unpaired) electrons. The number of aryl methyl sites for hydroxylation is 1. The van der Waals surface area contributed by atoms with E-state index in [0.717, 1.165) is 36.6 Å². The Balaban J connectivity index is 1.41. The molecule has 3 aliphatic rings. The first-order chi connectivity index (χ1) is 13.7. The van der Waals surface area contributed by atoms with Gasteiger partial charge in [-0.1, -0.05) is 19.3 Å². The van der Waals surface area contributed by atoms with Gasteiger partial charge in [-0.25, -0.2) is 4.99 Å². The fourth-order valence-electron chi connectivity index (χ4n) is 4.91. The van der Waals surface area contributed by atoms with E-state index in [2.05, 4.69) is 25.3 Å². The first-order valence-electron chi connectivity index (χ1n) is 11.3. The van der Waals surface area contributed by atoms with Gasteiger partial charge >= 0.3 is 0 Å². The van der Waals surface area contributed by atoms with E-state index in [-0.39, 0.29) is 0 Å². The number of nitrogens with one attached hydrogen (secondary N) is 1. The van der Waals surface area contributed by atoms with E-state index in [1.54, 1.807) is 0 Å². The maximum absolute atomic E-state index is 5.01. The van der Waals surface area contributed by atoms with Crippen molar-refractivity contribution in [1.29, 1.82) is 0 Å². The molecule has 1 unspecified atom stereocenters. The summed E-state index contributed by atoms with van der Waals surface area (Å²) < 4.78 is 2.04. The van der Waals surface area contributed by atoms with E-state index < -0.39 is 0 Å². The highest BCUT2D eigenvalue weighted by atomic mass is 15.3. The molecule has 2 saturated heterocycles. The van der Waals surface area contributed by atoms with Crippen LogP contribution in [0.15, 0.2) is 4.99 Å². The van der Waals surface area contributed by atoms with Crippen LogP contribution in [0.1, 0.15) is 63.0 Å². The molecule has 1 aromatic heterocycles. The lowest BCUT2D eigenvalue weighted by Gasteiger charge is -2.29. The number of aromatic nitrogens is 3. The minimum atomic E-state index is 0.575. The van der Waals surface area contributed by atoms with Crippen LogP contribution in [0.3, 0.4) is 0 Å². The van der Waals surface area contributed by atoms with Crippen LogP contribution in [0.2, 0.25) is 0 Å². The largest absolute Gasteiger partial charge is 0.353 e. The minimum absolute atomic E-state index is 0.575. The summed E-state index contributed by atoms with van der Waals surface area (Å²) >= 11 is 0. The molecule has 0 amide bonds. The number of rotatable bonds is 5. The quantitative estimate of drug-likeness (QED) is 0.621. The lowest BCUT2D eigenvalue weighted by Crippen LogP contribution is -2.46. The fraction of sp³-hybridized carbons (Fsp3) is 0.857. The topological polar surface area (TPSA) is 61.6 Å². The van der Waals surface area contributed by atoms with Crippen molar-refractivity contribution in [3.8, 4) is 0 Å². The molecule has 3 fully saturated rings. The van der Waals surface area contributed by atoms with Crippen molar-refractivity contribution >= 4 is 5.96 Å². The van der Waals surface area contributed by atoms with Crippen LogP contribution >= 0.6 is 0 Å². The Morgan fingerprint density at radius 1 is 1.04 bits per heavy atom. The maximum Gasteiger partial charge on any atom is 0.194 e. The third-order valence-electron chi connectivity index (χ3n) is 6.79. The lowest BCUT2D eigenvalue weighted by molar-refractivity contribution is 0.280. The van der Waals surface area contributed by atoms with Gasteiger partial charge in [0.2, 0.25) is 0 Å². The van der Waals surface area contributed by atoms with E-state index >= 15 is 0 Å². The first-order valence-corrected chi connectivity index (χ1v) is 11.3. The molecule has 2 aliphatic heterocycles. The monoisotopic (exact) mass is 387 g/mol. The predicted octanol–water partition coefficient (Wildman–Crippen LogP) is 2.32. The standard InChI is InChI=1S/C21H37N7/c1-17-24-25-20(26(17)2)14-22-21(23-19-8-4-3-5-9-19)28-13-10-18(16-28)15-27-11-6-7-12-27/h18-19H,3-16H2,1-2H3,(H,22,23). The van der Waals surface area contributed by atoms with E-state index in [0.29, 0.717) is 12.6 Å². The molecule has 1 aromatic rings. The molecule has 3 heterocycles. The van der Waals surface area contributed by atoms with Gasteiger partial charge in [-0.05, 0) is 58.0 Å². The number of guanidine groups is 1. The highest BCUT2D eigenvalue weighted by molar-refractivity contribution is 5.80. The van der Waals surface area contributed by atoms with Crippen molar-refractivity contribution < 1.29 is 0 Å². The Kier molecular flexibility index (Phi) is 6.50.